The molecule has 0 aliphatic rings. The molecule has 6 nitrogen and oxygen atoms in total. The molecule has 6 heteroatoms. The summed E-state index contributed by atoms with van der Waals surface area (Å²) in [5.74, 6) is 0.361. The second-order valence-electron chi connectivity index (χ2n) is 3.97. The molecule has 94 valence electrons. The van der Waals surface area contributed by atoms with Crippen LogP contribution in [-0.4, -0.2) is 20.9 Å². The number of nitrogens with zero attached hydrogens (tertiary/aromatic N) is 3. The van der Waals surface area contributed by atoms with Gasteiger partial charge in [0.15, 0.2) is 0 Å². The Bertz CT molecular complexity index is 535. The third-order valence-corrected chi connectivity index (χ3v) is 2.53. The average molecular weight is 245 g/mol. The normalized spacial score (nSPS) is 10.3. The van der Waals surface area contributed by atoms with Crippen LogP contribution in [0.4, 0.5) is 5.82 Å². The fraction of sp³-hybridized carbons (Fsp3) is 0.250. The van der Waals surface area contributed by atoms with E-state index in [1.807, 2.05) is 30.3 Å². The Morgan fingerprint density at radius 3 is 2.78 bits per heavy atom. The van der Waals surface area contributed by atoms with Crippen molar-refractivity contribution in [1.29, 1.82) is 0 Å². The highest BCUT2D eigenvalue weighted by molar-refractivity contribution is 5.72. The number of aromatic nitrogens is 3. The molecule has 0 spiro atoms. The molecule has 0 saturated heterocycles. The van der Waals surface area contributed by atoms with Crippen molar-refractivity contribution >= 4 is 11.7 Å². The molecule has 0 aliphatic heterocycles. The SMILES string of the molecule is CC(=O)NCc1nnn(Cc2ccccc2)c1N. The minimum Gasteiger partial charge on any atom is -0.382 e. The van der Waals surface area contributed by atoms with E-state index in [9.17, 15) is 4.79 Å². The summed E-state index contributed by atoms with van der Waals surface area (Å²) in [5.41, 5.74) is 7.61. The van der Waals surface area contributed by atoms with E-state index in [-0.39, 0.29) is 5.91 Å². The number of hydrogen-bond acceptors (Lipinski definition) is 4. The maximum Gasteiger partial charge on any atom is 0.217 e. The molecule has 0 bridgehead atoms. The van der Waals surface area contributed by atoms with Crippen LogP contribution in [0.5, 0.6) is 0 Å². The maximum atomic E-state index is 10.8. The average Bonchev–Trinajstić information content (AvgIpc) is 2.70. The molecular formula is C12H15N5O. The lowest BCUT2D eigenvalue weighted by molar-refractivity contribution is -0.119. The van der Waals surface area contributed by atoms with Crippen molar-refractivity contribution in [2.24, 2.45) is 0 Å². The number of hydrogen-bond donors (Lipinski definition) is 2. The Kier molecular flexibility index (Phi) is 3.57. The molecule has 0 unspecified atom stereocenters. The number of anilines is 1. The van der Waals surface area contributed by atoms with Crippen molar-refractivity contribution in [1.82, 2.24) is 20.3 Å². The van der Waals surface area contributed by atoms with Crippen molar-refractivity contribution < 1.29 is 4.79 Å². The number of nitrogen functional groups attached to an aromatic ring is 1. The molecule has 18 heavy (non-hydrogen) atoms. The van der Waals surface area contributed by atoms with E-state index < -0.39 is 0 Å². The summed E-state index contributed by atoms with van der Waals surface area (Å²) in [6.07, 6.45) is 0. The first-order valence-corrected chi connectivity index (χ1v) is 5.63. The van der Waals surface area contributed by atoms with Crippen LogP contribution in [0.2, 0.25) is 0 Å². The van der Waals surface area contributed by atoms with Crippen LogP contribution in [0, 0.1) is 0 Å². The van der Waals surface area contributed by atoms with Crippen LogP contribution in [0.25, 0.3) is 0 Å². The maximum absolute atomic E-state index is 10.8. The number of benzene rings is 1. The molecule has 1 aromatic carbocycles. The minimum absolute atomic E-state index is 0.119. The van der Waals surface area contributed by atoms with Crippen LogP contribution in [0.3, 0.4) is 0 Å². The highest BCUT2D eigenvalue weighted by Crippen LogP contribution is 2.10. The quantitative estimate of drug-likeness (QED) is 0.823. The first-order chi connectivity index (χ1) is 8.66. The first-order valence-electron chi connectivity index (χ1n) is 5.63. The molecule has 0 radical (unpaired) electrons. The van der Waals surface area contributed by atoms with Gasteiger partial charge in [-0.3, -0.25) is 4.79 Å². The van der Waals surface area contributed by atoms with Crippen molar-refractivity contribution in [2.45, 2.75) is 20.0 Å². The number of carbonyl (C=O) groups excluding carboxylic acids is 1. The van der Waals surface area contributed by atoms with Crippen molar-refractivity contribution in [3.8, 4) is 0 Å². The standard InChI is InChI=1S/C12H15N5O/c1-9(18)14-7-11-12(13)17(16-15-11)8-10-5-3-2-4-6-10/h2-6H,7-8,13H2,1H3,(H,14,18). The molecule has 0 aliphatic carbocycles. The summed E-state index contributed by atoms with van der Waals surface area (Å²) in [6, 6.07) is 9.86. The molecule has 3 N–H and O–H groups in total. The van der Waals surface area contributed by atoms with E-state index in [2.05, 4.69) is 15.6 Å². The van der Waals surface area contributed by atoms with Crippen LogP contribution >= 0.6 is 0 Å². The van der Waals surface area contributed by atoms with E-state index >= 15 is 0 Å². The van der Waals surface area contributed by atoms with Gasteiger partial charge in [-0.2, -0.15) is 0 Å². The molecule has 1 heterocycles. The van der Waals surface area contributed by atoms with Crippen LogP contribution in [0.1, 0.15) is 18.2 Å². The first kappa shape index (κ1) is 12.1. The molecule has 2 rings (SSSR count). The third kappa shape index (κ3) is 2.85. The Morgan fingerprint density at radius 2 is 2.11 bits per heavy atom. The number of rotatable bonds is 4. The Balaban J connectivity index is 2.08. The fourth-order valence-electron chi connectivity index (χ4n) is 1.56. The van der Waals surface area contributed by atoms with Crippen molar-refractivity contribution in [3.63, 3.8) is 0 Å². The van der Waals surface area contributed by atoms with E-state index in [0.717, 1.165) is 5.56 Å². The summed E-state index contributed by atoms with van der Waals surface area (Å²) in [4.78, 5) is 10.8. The topological polar surface area (TPSA) is 85.8 Å². The van der Waals surface area contributed by atoms with Gasteiger partial charge in [-0.25, -0.2) is 4.68 Å². The number of carbonyl (C=O) groups is 1. The van der Waals surface area contributed by atoms with Gasteiger partial charge in [0.25, 0.3) is 0 Å². The molecule has 1 amide bonds. The van der Waals surface area contributed by atoms with Gasteiger partial charge in [-0.05, 0) is 5.56 Å². The minimum atomic E-state index is -0.119. The van der Waals surface area contributed by atoms with Crippen LogP contribution in [-0.2, 0) is 17.9 Å². The number of nitrogens with one attached hydrogen (secondary N) is 1. The van der Waals surface area contributed by atoms with Gasteiger partial charge in [-0.1, -0.05) is 35.5 Å². The smallest absolute Gasteiger partial charge is 0.217 e. The highest BCUT2D eigenvalue weighted by atomic mass is 16.1. The van der Waals surface area contributed by atoms with Crippen LogP contribution in [0.15, 0.2) is 30.3 Å². The van der Waals surface area contributed by atoms with E-state index in [4.69, 9.17) is 5.73 Å². The molecular weight excluding hydrogens is 230 g/mol. The Morgan fingerprint density at radius 1 is 1.39 bits per heavy atom. The zero-order chi connectivity index (χ0) is 13.0. The van der Waals surface area contributed by atoms with E-state index in [1.54, 1.807) is 4.68 Å². The van der Waals surface area contributed by atoms with Gasteiger partial charge >= 0.3 is 0 Å². The lowest BCUT2D eigenvalue weighted by atomic mass is 10.2. The molecule has 0 atom stereocenters. The monoisotopic (exact) mass is 245 g/mol. The van der Waals surface area contributed by atoms with Gasteiger partial charge in [0.2, 0.25) is 5.91 Å². The predicted molar refractivity (Wildman–Crippen MR) is 67.5 cm³/mol. The molecule has 2 aromatic rings. The largest absolute Gasteiger partial charge is 0.382 e. The van der Waals surface area contributed by atoms with Gasteiger partial charge in [-0.15, -0.1) is 5.10 Å². The Labute approximate surface area is 105 Å². The molecule has 0 saturated carbocycles. The second-order valence-corrected chi connectivity index (χ2v) is 3.97. The van der Waals surface area contributed by atoms with E-state index in [1.165, 1.54) is 6.92 Å². The summed E-state index contributed by atoms with van der Waals surface area (Å²) in [7, 11) is 0. The van der Waals surface area contributed by atoms with E-state index in [0.29, 0.717) is 24.6 Å². The van der Waals surface area contributed by atoms with Crippen molar-refractivity contribution in [2.75, 3.05) is 5.73 Å². The molecule has 1 aromatic heterocycles. The zero-order valence-electron chi connectivity index (χ0n) is 10.1. The summed E-state index contributed by atoms with van der Waals surface area (Å²) in [5, 5.41) is 10.6. The van der Waals surface area contributed by atoms with Crippen LogP contribution < -0.4 is 11.1 Å². The number of nitrogens with two attached hydrogens (primary N) is 1. The summed E-state index contributed by atoms with van der Waals surface area (Å²) < 4.78 is 1.62. The number of amides is 1. The second kappa shape index (κ2) is 5.31. The fourth-order valence-corrected chi connectivity index (χ4v) is 1.56. The lowest BCUT2D eigenvalue weighted by Crippen LogP contribution is -2.20. The predicted octanol–water partition coefficient (Wildman–Crippen LogP) is 0.545. The summed E-state index contributed by atoms with van der Waals surface area (Å²) >= 11 is 0. The lowest BCUT2D eigenvalue weighted by Gasteiger charge is -2.04. The van der Waals surface area contributed by atoms with Gasteiger partial charge in [0.1, 0.15) is 11.5 Å². The summed E-state index contributed by atoms with van der Waals surface area (Å²) in [6.45, 7) is 2.32. The van der Waals surface area contributed by atoms with Gasteiger partial charge in [0, 0.05) is 6.92 Å². The van der Waals surface area contributed by atoms with Gasteiger partial charge in [0.05, 0.1) is 13.1 Å². The Hall–Kier alpha value is -2.37. The zero-order valence-corrected chi connectivity index (χ0v) is 10.1. The van der Waals surface area contributed by atoms with Crippen molar-refractivity contribution in [3.05, 3.63) is 41.6 Å². The third-order valence-electron chi connectivity index (χ3n) is 2.53. The van der Waals surface area contributed by atoms with Gasteiger partial charge < -0.3 is 11.1 Å². The molecule has 0 fully saturated rings. The highest BCUT2D eigenvalue weighted by Gasteiger charge is 2.09.